The van der Waals surface area contributed by atoms with E-state index in [1.54, 1.807) is 19.4 Å². The van der Waals surface area contributed by atoms with Crippen molar-refractivity contribution in [3.05, 3.63) is 22.7 Å². The number of aryl methyl sites for hydroxylation is 1. The van der Waals surface area contributed by atoms with Crippen molar-refractivity contribution in [1.29, 1.82) is 0 Å². The Hall–Kier alpha value is -1.85. The Morgan fingerprint density at radius 3 is 3.00 bits per heavy atom. The minimum Gasteiger partial charge on any atom is -0.481 e. The SMILES string of the molecule is CC(CCCC(=O)O)Nc1nccn(C)c1=O. The highest BCUT2D eigenvalue weighted by Crippen LogP contribution is 2.05. The highest BCUT2D eigenvalue weighted by molar-refractivity contribution is 5.66. The number of carboxylic acid groups (broad SMARTS) is 1. The van der Waals surface area contributed by atoms with E-state index in [0.29, 0.717) is 18.7 Å². The number of anilines is 1. The van der Waals surface area contributed by atoms with Crippen LogP contribution in [0.4, 0.5) is 5.82 Å². The predicted octanol–water partition coefficient (Wildman–Crippen LogP) is 0.836. The zero-order chi connectivity index (χ0) is 12.8. The first kappa shape index (κ1) is 13.2. The molecule has 0 fully saturated rings. The molecule has 94 valence electrons. The van der Waals surface area contributed by atoms with Crippen molar-refractivity contribution in [3.63, 3.8) is 0 Å². The van der Waals surface area contributed by atoms with E-state index in [1.807, 2.05) is 6.92 Å². The fraction of sp³-hybridized carbons (Fsp3) is 0.545. The van der Waals surface area contributed by atoms with Gasteiger partial charge in [-0.2, -0.15) is 0 Å². The van der Waals surface area contributed by atoms with Gasteiger partial charge in [-0.3, -0.25) is 9.59 Å². The van der Waals surface area contributed by atoms with Gasteiger partial charge in [-0.1, -0.05) is 0 Å². The number of aromatic nitrogens is 2. The molecule has 1 rings (SSSR count). The molecule has 1 atom stereocenters. The third-order valence-corrected chi connectivity index (χ3v) is 2.43. The molecular formula is C11H17N3O3. The third kappa shape index (κ3) is 4.26. The van der Waals surface area contributed by atoms with Gasteiger partial charge in [-0.05, 0) is 19.8 Å². The van der Waals surface area contributed by atoms with Crippen LogP contribution in [0.2, 0.25) is 0 Å². The molecular weight excluding hydrogens is 222 g/mol. The molecule has 0 bridgehead atoms. The molecule has 0 aliphatic rings. The van der Waals surface area contributed by atoms with Gasteiger partial charge in [0.05, 0.1) is 0 Å². The second kappa shape index (κ2) is 6.03. The summed E-state index contributed by atoms with van der Waals surface area (Å²) in [6, 6.07) is 0.0250. The largest absolute Gasteiger partial charge is 0.481 e. The molecule has 0 radical (unpaired) electrons. The molecule has 0 saturated carbocycles. The number of carboxylic acids is 1. The van der Waals surface area contributed by atoms with Crippen molar-refractivity contribution in [3.8, 4) is 0 Å². The standard InChI is InChI=1S/C11H17N3O3/c1-8(4-3-5-9(15)16)13-10-11(17)14(2)7-6-12-10/h6-8H,3-5H2,1-2H3,(H,12,13)(H,15,16). The van der Waals surface area contributed by atoms with Gasteiger partial charge in [0, 0.05) is 31.9 Å². The maximum Gasteiger partial charge on any atom is 0.303 e. The summed E-state index contributed by atoms with van der Waals surface area (Å²) < 4.78 is 1.44. The van der Waals surface area contributed by atoms with E-state index in [1.165, 1.54) is 4.57 Å². The van der Waals surface area contributed by atoms with Gasteiger partial charge in [-0.15, -0.1) is 0 Å². The van der Waals surface area contributed by atoms with Crippen molar-refractivity contribution < 1.29 is 9.90 Å². The first-order valence-corrected chi connectivity index (χ1v) is 5.50. The average molecular weight is 239 g/mol. The molecule has 0 saturated heterocycles. The number of hydrogen-bond acceptors (Lipinski definition) is 4. The van der Waals surface area contributed by atoms with Gasteiger partial charge in [-0.25, -0.2) is 4.98 Å². The molecule has 0 amide bonds. The smallest absolute Gasteiger partial charge is 0.303 e. The second-order valence-electron chi connectivity index (χ2n) is 4.02. The first-order valence-electron chi connectivity index (χ1n) is 5.50. The lowest BCUT2D eigenvalue weighted by Gasteiger charge is -2.13. The quantitative estimate of drug-likeness (QED) is 0.768. The minimum absolute atomic E-state index is 0.0250. The summed E-state index contributed by atoms with van der Waals surface area (Å²) >= 11 is 0. The zero-order valence-electron chi connectivity index (χ0n) is 10.0. The highest BCUT2D eigenvalue weighted by Gasteiger charge is 2.07. The second-order valence-corrected chi connectivity index (χ2v) is 4.02. The Morgan fingerprint density at radius 2 is 2.35 bits per heavy atom. The van der Waals surface area contributed by atoms with Crippen molar-refractivity contribution in [2.24, 2.45) is 7.05 Å². The topological polar surface area (TPSA) is 84.2 Å². The molecule has 1 unspecified atom stereocenters. The Balaban J connectivity index is 2.50. The number of nitrogens with zero attached hydrogens (tertiary/aromatic N) is 2. The molecule has 1 aromatic heterocycles. The summed E-state index contributed by atoms with van der Waals surface area (Å²) in [5.41, 5.74) is -0.183. The Morgan fingerprint density at radius 1 is 1.65 bits per heavy atom. The Bertz CT molecular complexity index is 442. The van der Waals surface area contributed by atoms with E-state index in [2.05, 4.69) is 10.3 Å². The van der Waals surface area contributed by atoms with E-state index >= 15 is 0 Å². The van der Waals surface area contributed by atoms with E-state index in [9.17, 15) is 9.59 Å². The van der Waals surface area contributed by atoms with E-state index in [0.717, 1.165) is 0 Å². The molecule has 0 aliphatic carbocycles. The van der Waals surface area contributed by atoms with Gasteiger partial charge in [0.1, 0.15) is 0 Å². The van der Waals surface area contributed by atoms with Crippen LogP contribution in [0.5, 0.6) is 0 Å². The van der Waals surface area contributed by atoms with Crippen LogP contribution in [0.15, 0.2) is 17.2 Å². The van der Waals surface area contributed by atoms with Crippen molar-refractivity contribution in [2.45, 2.75) is 32.2 Å². The van der Waals surface area contributed by atoms with Crippen molar-refractivity contribution >= 4 is 11.8 Å². The summed E-state index contributed by atoms with van der Waals surface area (Å²) in [6.07, 6.45) is 4.55. The minimum atomic E-state index is -0.800. The number of aliphatic carboxylic acids is 1. The van der Waals surface area contributed by atoms with E-state index in [4.69, 9.17) is 5.11 Å². The van der Waals surface area contributed by atoms with Crippen LogP contribution in [0.25, 0.3) is 0 Å². The molecule has 6 nitrogen and oxygen atoms in total. The molecule has 0 aliphatic heterocycles. The summed E-state index contributed by atoms with van der Waals surface area (Å²) in [5, 5.41) is 11.5. The molecule has 0 spiro atoms. The maximum atomic E-state index is 11.6. The van der Waals surface area contributed by atoms with E-state index < -0.39 is 5.97 Å². The summed E-state index contributed by atoms with van der Waals surface area (Å²) in [7, 11) is 1.66. The predicted molar refractivity (Wildman–Crippen MR) is 64.0 cm³/mol. The molecule has 2 N–H and O–H groups in total. The monoisotopic (exact) mass is 239 g/mol. The maximum absolute atomic E-state index is 11.6. The molecule has 1 aromatic rings. The third-order valence-electron chi connectivity index (χ3n) is 2.43. The van der Waals surface area contributed by atoms with Gasteiger partial charge in [0.15, 0.2) is 5.82 Å². The molecule has 17 heavy (non-hydrogen) atoms. The van der Waals surface area contributed by atoms with Crippen LogP contribution in [0.3, 0.4) is 0 Å². The van der Waals surface area contributed by atoms with Crippen LogP contribution >= 0.6 is 0 Å². The van der Waals surface area contributed by atoms with Gasteiger partial charge in [0.2, 0.25) is 0 Å². The number of rotatable bonds is 6. The van der Waals surface area contributed by atoms with Crippen molar-refractivity contribution in [2.75, 3.05) is 5.32 Å². The van der Waals surface area contributed by atoms with Crippen LogP contribution < -0.4 is 10.9 Å². The van der Waals surface area contributed by atoms with Gasteiger partial charge in [0.25, 0.3) is 5.56 Å². The summed E-state index contributed by atoms with van der Waals surface area (Å²) in [4.78, 5) is 25.9. The van der Waals surface area contributed by atoms with Crippen LogP contribution in [-0.2, 0) is 11.8 Å². The van der Waals surface area contributed by atoms with Crippen LogP contribution in [-0.4, -0.2) is 26.7 Å². The fourth-order valence-corrected chi connectivity index (χ4v) is 1.46. The lowest BCUT2D eigenvalue weighted by molar-refractivity contribution is -0.137. The molecule has 6 heteroatoms. The zero-order valence-corrected chi connectivity index (χ0v) is 10.0. The summed E-state index contributed by atoms with van der Waals surface area (Å²) in [5.74, 6) is -0.497. The van der Waals surface area contributed by atoms with Crippen LogP contribution in [0, 0.1) is 0 Å². The first-order chi connectivity index (χ1) is 8.00. The Labute approximate surface area is 99.3 Å². The Kier molecular flexibility index (Phi) is 4.68. The number of carbonyl (C=O) groups is 1. The van der Waals surface area contributed by atoms with Crippen LogP contribution in [0.1, 0.15) is 26.2 Å². The number of hydrogen-bond donors (Lipinski definition) is 2. The lowest BCUT2D eigenvalue weighted by atomic mass is 10.1. The average Bonchev–Trinajstić information content (AvgIpc) is 2.24. The lowest BCUT2D eigenvalue weighted by Crippen LogP contribution is -2.26. The van der Waals surface area contributed by atoms with Crippen molar-refractivity contribution in [1.82, 2.24) is 9.55 Å². The normalized spacial score (nSPS) is 12.1. The molecule has 0 aromatic carbocycles. The highest BCUT2D eigenvalue weighted by atomic mass is 16.4. The van der Waals surface area contributed by atoms with Gasteiger partial charge < -0.3 is 15.0 Å². The fourth-order valence-electron chi connectivity index (χ4n) is 1.46. The number of nitrogens with one attached hydrogen (secondary N) is 1. The molecule has 1 heterocycles. The van der Waals surface area contributed by atoms with Gasteiger partial charge >= 0.3 is 5.97 Å². The van der Waals surface area contributed by atoms with E-state index in [-0.39, 0.29) is 18.0 Å². The summed E-state index contributed by atoms with van der Waals surface area (Å²) in [6.45, 7) is 1.90.